The van der Waals surface area contributed by atoms with Crippen molar-refractivity contribution in [3.05, 3.63) is 35.4 Å². The molecule has 2 atom stereocenters. The van der Waals surface area contributed by atoms with Crippen molar-refractivity contribution < 1.29 is 14.9 Å². The molecule has 1 heterocycles. The highest BCUT2D eigenvalue weighted by Crippen LogP contribution is 2.36. The number of hydrogen-bond acceptors (Lipinski definition) is 4. The monoisotopic (exact) mass is 361 g/mol. The fourth-order valence-electron chi connectivity index (χ4n) is 3.96. The molecule has 1 aliphatic carbocycles. The molecule has 2 unspecified atom stereocenters. The summed E-state index contributed by atoms with van der Waals surface area (Å²) in [5.41, 5.74) is 1.31. The standard InChI is InChI=1S/C20H31N3O3/c1-2-21-18(22-13-19(9-11-24)10-12-26-15-19)23-14-20(25)8-7-16-5-3-4-6-17(16)20/h3-6,24-25H,2,7-15H2,1H3,(H2,21,22,23). The van der Waals surface area contributed by atoms with E-state index in [4.69, 9.17) is 9.73 Å². The van der Waals surface area contributed by atoms with Crippen molar-refractivity contribution in [3.63, 3.8) is 0 Å². The van der Waals surface area contributed by atoms with Crippen molar-refractivity contribution >= 4 is 5.96 Å². The van der Waals surface area contributed by atoms with Crippen LogP contribution in [0.25, 0.3) is 0 Å². The lowest BCUT2D eigenvalue weighted by molar-refractivity contribution is 0.0432. The minimum absolute atomic E-state index is 0.0754. The van der Waals surface area contributed by atoms with E-state index >= 15 is 0 Å². The highest BCUT2D eigenvalue weighted by Gasteiger charge is 2.37. The number of ether oxygens (including phenoxy) is 1. The first kappa shape index (κ1) is 19.1. The first-order valence-corrected chi connectivity index (χ1v) is 9.62. The molecule has 3 rings (SSSR count). The molecule has 1 fully saturated rings. The molecule has 144 valence electrons. The quantitative estimate of drug-likeness (QED) is 0.433. The largest absolute Gasteiger partial charge is 0.396 e. The minimum Gasteiger partial charge on any atom is -0.396 e. The number of aliphatic imine (C=N–C) groups is 1. The van der Waals surface area contributed by atoms with Gasteiger partial charge in [0.1, 0.15) is 5.60 Å². The number of hydrogen-bond donors (Lipinski definition) is 4. The summed E-state index contributed by atoms with van der Waals surface area (Å²) in [6, 6.07) is 8.10. The Morgan fingerprint density at radius 3 is 2.85 bits per heavy atom. The first-order chi connectivity index (χ1) is 12.6. The minimum atomic E-state index is -0.855. The predicted octanol–water partition coefficient (Wildman–Crippen LogP) is 1.16. The second kappa shape index (κ2) is 8.37. The molecule has 1 aromatic carbocycles. The third-order valence-electron chi connectivity index (χ3n) is 5.62. The Morgan fingerprint density at radius 1 is 1.27 bits per heavy atom. The van der Waals surface area contributed by atoms with Crippen LogP contribution in [0.2, 0.25) is 0 Å². The molecule has 0 aromatic heterocycles. The van der Waals surface area contributed by atoms with E-state index in [0.29, 0.717) is 32.1 Å². The van der Waals surface area contributed by atoms with Crippen molar-refractivity contribution in [2.45, 2.75) is 38.2 Å². The molecular weight excluding hydrogens is 330 g/mol. The van der Waals surface area contributed by atoms with E-state index in [9.17, 15) is 10.2 Å². The zero-order valence-electron chi connectivity index (χ0n) is 15.6. The van der Waals surface area contributed by atoms with E-state index in [2.05, 4.69) is 16.7 Å². The Labute approximate surface area is 155 Å². The highest BCUT2D eigenvalue weighted by molar-refractivity contribution is 5.79. The lowest BCUT2D eigenvalue weighted by Crippen LogP contribution is -2.45. The number of fused-ring (bicyclic) bond motifs is 1. The van der Waals surface area contributed by atoms with E-state index in [1.165, 1.54) is 5.56 Å². The van der Waals surface area contributed by atoms with Crippen LogP contribution < -0.4 is 10.6 Å². The van der Waals surface area contributed by atoms with Crippen molar-refractivity contribution in [1.29, 1.82) is 0 Å². The van der Waals surface area contributed by atoms with Gasteiger partial charge in [0, 0.05) is 25.2 Å². The fraction of sp³-hybridized carbons (Fsp3) is 0.650. The molecule has 4 N–H and O–H groups in total. The lowest BCUT2D eigenvalue weighted by Gasteiger charge is -2.27. The van der Waals surface area contributed by atoms with E-state index < -0.39 is 5.60 Å². The summed E-state index contributed by atoms with van der Waals surface area (Å²) in [5.74, 6) is 0.703. The zero-order valence-corrected chi connectivity index (χ0v) is 15.6. The highest BCUT2D eigenvalue weighted by atomic mass is 16.5. The first-order valence-electron chi connectivity index (χ1n) is 9.62. The molecule has 26 heavy (non-hydrogen) atoms. The number of aliphatic hydroxyl groups is 2. The Hall–Kier alpha value is -1.63. The van der Waals surface area contributed by atoms with Gasteiger partial charge in [0.05, 0.1) is 19.7 Å². The van der Waals surface area contributed by atoms with Gasteiger partial charge < -0.3 is 25.6 Å². The summed E-state index contributed by atoms with van der Waals surface area (Å²) in [6.07, 6.45) is 3.25. The van der Waals surface area contributed by atoms with Crippen molar-refractivity contribution in [3.8, 4) is 0 Å². The van der Waals surface area contributed by atoms with E-state index in [1.54, 1.807) is 0 Å². The van der Waals surface area contributed by atoms with Gasteiger partial charge in [0.2, 0.25) is 0 Å². The summed E-state index contributed by atoms with van der Waals surface area (Å²) in [5, 5.41) is 27.0. The summed E-state index contributed by atoms with van der Waals surface area (Å²) >= 11 is 0. The number of rotatable bonds is 7. The number of aliphatic hydroxyl groups excluding tert-OH is 1. The summed E-state index contributed by atoms with van der Waals surface area (Å²) in [6.45, 7) is 5.35. The van der Waals surface area contributed by atoms with Crippen LogP contribution in [0.4, 0.5) is 0 Å². The van der Waals surface area contributed by atoms with Crippen LogP contribution >= 0.6 is 0 Å². The van der Waals surface area contributed by atoms with E-state index in [-0.39, 0.29) is 12.0 Å². The van der Waals surface area contributed by atoms with Crippen LogP contribution in [0.5, 0.6) is 0 Å². The van der Waals surface area contributed by atoms with E-state index in [0.717, 1.165) is 38.0 Å². The topological polar surface area (TPSA) is 86.1 Å². The second-order valence-electron chi connectivity index (χ2n) is 7.51. The van der Waals surface area contributed by atoms with Gasteiger partial charge >= 0.3 is 0 Å². The molecule has 6 nitrogen and oxygen atoms in total. The molecule has 1 aliphatic heterocycles. The van der Waals surface area contributed by atoms with Crippen LogP contribution in [0.3, 0.4) is 0 Å². The van der Waals surface area contributed by atoms with Gasteiger partial charge in [-0.15, -0.1) is 0 Å². The maximum Gasteiger partial charge on any atom is 0.191 e. The Morgan fingerprint density at radius 2 is 2.12 bits per heavy atom. The molecule has 0 radical (unpaired) electrons. The van der Waals surface area contributed by atoms with Crippen LogP contribution in [-0.2, 0) is 16.8 Å². The predicted molar refractivity (Wildman–Crippen MR) is 102 cm³/mol. The maximum absolute atomic E-state index is 11.1. The molecule has 0 spiro atoms. The molecule has 6 heteroatoms. The van der Waals surface area contributed by atoms with Gasteiger partial charge in [-0.05, 0) is 43.7 Å². The Balaban J connectivity index is 1.65. The second-order valence-corrected chi connectivity index (χ2v) is 7.51. The van der Waals surface area contributed by atoms with Gasteiger partial charge in [-0.25, -0.2) is 0 Å². The maximum atomic E-state index is 11.1. The number of nitrogens with zero attached hydrogens (tertiary/aromatic N) is 1. The smallest absolute Gasteiger partial charge is 0.191 e. The number of guanidine groups is 1. The Kier molecular flexibility index (Phi) is 6.16. The van der Waals surface area contributed by atoms with E-state index in [1.807, 2.05) is 25.1 Å². The molecule has 2 aliphatic rings. The molecular formula is C20H31N3O3. The third-order valence-corrected chi connectivity index (χ3v) is 5.62. The number of benzene rings is 1. The fourth-order valence-corrected chi connectivity index (χ4v) is 3.96. The molecule has 1 saturated heterocycles. The molecule has 0 saturated carbocycles. The van der Waals surface area contributed by atoms with Crippen LogP contribution in [0.1, 0.15) is 37.3 Å². The third kappa shape index (κ3) is 4.19. The number of aryl methyl sites for hydroxylation is 1. The Bertz CT molecular complexity index is 628. The van der Waals surface area contributed by atoms with Crippen molar-refractivity contribution in [2.24, 2.45) is 10.4 Å². The molecule has 0 amide bonds. The van der Waals surface area contributed by atoms with Crippen LogP contribution in [0, 0.1) is 5.41 Å². The van der Waals surface area contributed by atoms with Gasteiger partial charge in [-0.1, -0.05) is 24.3 Å². The van der Waals surface area contributed by atoms with Gasteiger partial charge in [0.15, 0.2) is 5.96 Å². The van der Waals surface area contributed by atoms with Crippen molar-refractivity contribution in [2.75, 3.05) is 39.5 Å². The van der Waals surface area contributed by atoms with Gasteiger partial charge in [-0.3, -0.25) is 4.99 Å². The average Bonchev–Trinajstić information content (AvgIpc) is 3.24. The summed E-state index contributed by atoms with van der Waals surface area (Å²) in [4.78, 5) is 4.73. The zero-order chi connectivity index (χ0) is 18.5. The SMILES string of the molecule is CCNC(=NCC1(CCO)CCOC1)NCC1(O)CCc2ccccc21. The average molecular weight is 361 g/mol. The van der Waals surface area contributed by atoms with Crippen molar-refractivity contribution in [1.82, 2.24) is 10.6 Å². The number of nitrogens with one attached hydrogen (secondary N) is 2. The van der Waals surface area contributed by atoms with Gasteiger partial charge in [0.25, 0.3) is 0 Å². The summed E-state index contributed by atoms with van der Waals surface area (Å²) < 4.78 is 5.54. The summed E-state index contributed by atoms with van der Waals surface area (Å²) in [7, 11) is 0. The lowest BCUT2D eigenvalue weighted by atomic mass is 9.84. The van der Waals surface area contributed by atoms with Crippen LogP contribution in [0.15, 0.2) is 29.3 Å². The molecule has 0 bridgehead atoms. The molecule has 1 aromatic rings. The van der Waals surface area contributed by atoms with Gasteiger partial charge in [-0.2, -0.15) is 0 Å². The normalized spacial score (nSPS) is 28.2. The van der Waals surface area contributed by atoms with Crippen LogP contribution in [-0.4, -0.2) is 55.6 Å².